The Bertz CT molecular complexity index is 305. The molecule has 0 aromatic heterocycles. The Balaban J connectivity index is 4.42. The predicted octanol–water partition coefficient (Wildman–Crippen LogP) is 6.03. The van der Waals surface area contributed by atoms with Crippen LogP contribution in [0.4, 0.5) is 0 Å². The van der Waals surface area contributed by atoms with E-state index in [2.05, 4.69) is 41.8 Å². The van der Waals surface area contributed by atoms with Gasteiger partial charge in [-0.25, -0.2) is 0 Å². The lowest BCUT2D eigenvalue weighted by Crippen LogP contribution is -2.48. The van der Waals surface area contributed by atoms with E-state index >= 15 is 0 Å². The number of hydrogen-bond donors (Lipinski definition) is 0. The average Bonchev–Trinajstić information content (AvgIpc) is 2.65. The zero-order chi connectivity index (χ0) is 20.4. The van der Waals surface area contributed by atoms with Gasteiger partial charge >= 0.3 is 8.80 Å². The summed E-state index contributed by atoms with van der Waals surface area (Å²) in [7, 11) is 2.20. The maximum Gasteiger partial charge on any atom is 0.501 e. The van der Waals surface area contributed by atoms with Crippen molar-refractivity contribution in [2.24, 2.45) is 0 Å². The van der Waals surface area contributed by atoms with Crippen molar-refractivity contribution in [2.75, 3.05) is 47.0 Å². The second-order valence-corrected chi connectivity index (χ2v) is 11.2. The standard InChI is InChI=1S/C22H50NO3Si/c1-7-11-12-13-14-15-17-23(5,6)18-16-22-27(24-19-8-2,25-20-9-3)26-21-10-4/h7-22H2,1-6H3/q+1. The normalized spacial score (nSPS) is 12.7. The van der Waals surface area contributed by atoms with Crippen LogP contribution in [0.3, 0.4) is 0 Å². The molecule has 164 valence electrons. The summed E-state index contributed by atoms with van der Waals surface area (Å²) in [5.41, 5.74) is 0. The van der Waals surface area contributed by atoms with Gasteiger partial charge in [0, 0.05) is 32.3 Å². The fraction of sp³-hybridized carbons (Fsp3) is 1.00. The third-order valence-corrected chi connectivity index (χ3v) is 7.84. The first-order valence-electron chi connectivity index (χ1n) is 11.7. The van der Waals surface area contributed by atoms with E-state index in [1.54, 1.807) is 0 Å². The Labute approximate surface area is 171 Å². The lowest BCUT2D eigenvalue weighted by atomic mass is 10.1. The summed E-state index contributed by atoms with van der Waals surface area (Å²) in [5.74, 6) is 0. The molecule has 0 aromatic carbocycles. The van der Waals surface area contributed by atoms with Crippen LogP contribution in [0.1, 0.15) is 91.9 Å². The number of nitrogens with zero attached hydrogens (tertiary/aromatic N) is 1. The highest BCUT2D eigenvalue weighted by atomic mass is 28.4. The SMILES string of the molecule is CCCCCCCC[N+](C)(C)CCC[Si](OCCC)(OCCC)OCCC. The summed E-state index contributed by atoms with van der Waals surface area (Å²) in [6.07, 6.45) is 12.4. The molecule has 5 heteroatoms. The molecule has 0 N–H and O–H groups in total. The van der Waals surface area contributed by atoms with Gasteiger partial charge in [0.05, 0.1) is 27.2 Å². The van der Waals surface area contributed by atoms with Crippen molar-refractivity contribution < 1.29 is 17.8 Å². The highest BCUT2D eigenvalue weighted by Gasteiger charge is 2.41. The zero-order valence-electron chi connectivity index (χ0n) is 19.5. The molecule has 0 saturated heterocycles. The van der Waals surface area contributed by atoms with Gasteiger partial charge < -0.3 is 17.8 Å². The Morgan fingerprint density at radius 1 is 0.556 bits per heavy atom. The molecule has 0 aliphatic carbocycles. The molecule has 0 radical (unpaired) electrons. The first kappa shape index (κ1) is 27.1. The molecule has 4 nitrogen and oxygen atoms in total. The Hall–Kier alpha value is 0.0569. The minimum Gasteiger partial charge on any atom is -0.373 e. The van der Waals surface area contributed by atoms with Gasteiger partial charge in [0.2, 0.25) is 0 Å². The van der Waals surface area contributed by atoms with E-state index in [4.69, 9.17) is 13.3 Å². The van der Waals surface area contributed by atoms with Crippen molar-refractivity contribution >= 4 is 8.80 Å². The van der Waals surface area contributed by atoms with Gasteiger partial charge in [0.25, 0.3) is 0 Å². The van der Waals surface area contributed by atoms with Gasteiger partial charge in [-0.15, -0.1) is 0 Å². The summed E-state index contributed by atoms with van der Waals surface area (Å²) >= 11 is 0. The number of unbranched alkanes of at least 4 members (excludes halogenated alkanes) is 5. The van der Waals surface area contributed by atoms with Gasteiger partial charge in [0.1, 0.15) is 0 Å². The van der Waals surface area contributed by atoms with Crippen LogP contribution < -0.4 is 0 Å². The lowest BCUT2D eigenvalue weighted by molar-refractivity contribution is -0.890. The Morgan fingerprint density at radius 2 is 1.00 bits per heavy atom. The van der Waals surface area contributed by atoms with Crippen molar-refractivity contribution in [3.8, 4) is 0 Å². The molecule has 0 spiro atoms. The molecule has 0 heterocycles. The average molecular weight is 405 g/mol. The van der Waals surface area contributed by atoms with Gasteiger partial charge in [0.15, 0.2) is 0 Å². The van der Waals surface area contributed by atoms with Gasteiger partial charge in [-0.3, -0.25) is 0 Å². The molecule has 0 rings (SSSR count). The molecular weight excluding hydrogens is 354 g/mol. The van der Waals surface area contributed by atoms with Crippen LogP contribution in [0.15, 0.2) is 0 Å². The highest BCUT2D eigenvalue weighted by molar-refractivity contribution is 6.60. The summed E-state index contributed by atoms with van der Waals surface area (Å²) in [5, 5.41) is 0. The van der Waals surface area contributed by atoms with E-state index in [1.807, 2.05) is 0 Å². The fourth-order valence-corrected chi connectivity index (χ4v) is 6.09. The van der Waals surface area contributed by atoms with Crippen LogP contribution >= 0.6 is 0 Å². The lowest BCUT2D eigenvalue weighted by Gasteiger charge is -2.33. The van der Waals surface area contributed by atoms with Crippen LogP contribution in [0.2, 0.25) is 6.04 Å². The molecule has 0 fully saturated rings. The van der Waals surface area contributed by atoms with Crippen molar-refractivity contribution in [1.82, 2.24) is 0 Å². The Morgan fingerprint density at radius 3 is 1.48 bits per heavy atom. The third-order valence-electron chi connectivity index (χ3n) is 4.94. The number of quaternary nitrogens is 1. The first-order valence-corrected chi connectivity index (χ1v) is 13.6. The fourth-order valence-electron chi connectivity index (χ4n) is 3.27. The van der Waals surface area contributed by atoms with Gasteiger partial charge in [-0.1, -0.05) is 53.4 Å². The molecule has 0 aliphatic rings. The largest absolute Gasteiger partial charge is 0.501 e. The predicted molar refractivity (Wildman–Crippen MR) is 119 cm³/mol. The smallest absolute Gasteiger partial charge is 0.373 e. The van der Waals surface area contributed by atoms with E-state index in [-0.39, 0.29) is 0 Å². The van der Waals surface area contributed by atoms with Crippen molar-refractivity contribution in [3.05, 3.63) is 0 Å². The van der Waals surface area contributed by atoms with Crippen LogP contribution in [-0.2, 0) is 13.3 Å². The van der Waals surface area contributed by atoms with Crippen molar-refractivity contribution in [3.63, 3.8) is 0 Å². The van der Waals surface area contributed by atoms with E-state index in [0.717, 1.165) is 56.0 Å². The monoisotopic (exact) mass is 404 g/mol. The summed E-state index contributed by atoms with van der Waals surface area (Å²) in [4.78, 5) is 0. The molecule has 0 saturated carbocycles. The van der Waals surface area contributed by atoms with Gasteiger partial charge in [-0.05, 0) is 32.1 Å². The topological polar surface area (TPSA) is 27.7 Å². The molecule has 0 unspecified atom stereocenters. The van der Waals surface area contributed by atoms with Crippen LogP contribution in [0.25, 0.3) is 0 Å². The van der Waals surface area contributed by atoms with Crippen LogP contribution in [0, 0.1) is 0 Å². The van der Waals surface area contributed by atoms with E-state index < -0.39 is 8.80 Å². The number of rotatable bonds is 20. The molecule has 0 amide bonds. The van der Waals surface area contributed by atoms with E-state index in [9.17, 15) is 0 Å². The Kier molecular flexibility index (Phi) is 17.0. The maximum atomic E-state index is 6.22. The van der Waals surface area contributed by atoms with Crippen LogP contribution in [0.5, 0.6) is 0 Å². The summed E-state index contributed by atoms with van der Waals surface area (Å²) in [6.45, 7) is 13.4. The van der Waals surface area contributed by atoms with Crippen molar-refractivity contribution in [1.29, 1.82) is 0 Å². The molecule has 0 aromatic rings. The molecule has 0 aliphatic heterocycles. The highest BCUT2D eigenvalue weighted by Crippen LogP contribution is 2.21. The molecule has 0 atom stereocenters. The molecule has 0 bridgehead atoms. The summed E-state index contributed by atoms with van der Waals surface area (Å²) < 4.78 is 19.8. The maximum absolute atomic E-state index is 6.22. The second kappa shape index (κ2) is 17.0. The van der Waals surface area contributed by atoms with E-state index in [0.29, 0.717) is 0 Å². The first-order chi connectivity index (χ1) is 12.9. The van der Waals surface area contributed by atoms with Crippen LogP contribution in [-0.4, -0.2) is 60.3 Å². The minimum atomic E-state index is -2.52. The molecular formula is C22H50NO3Si+. The van der Waals surface area contributed by atoms with E-state index in [1.165, 1.54) is 51.6 Å². The summed E-state index contributed by atoms with van der Waals surface area (Å²) in [6, 6.07) is 0.950. The van der Waals surface area contributed by atoms with Gasteiger partial charge in [-0.2, -0.15) is 0 Å². The second-order valence-electron chi connectivity index (χ2n) is 8.48. The van der Waals surface area contributed by atoms with Crippen molar-refractivity contribution in [2.45, 2.75) is 97.9 Å². The minimum absolute atomic E-state index is 0.746. The number of hydrogen-bond acceptors (Lipinski definition) is 3. The quantitative estimate of drug-likeness (QED) is 0.141. The molecule has 27 heavy (non-hydrogen) atoms. The zero-order valence-corrected chi connectivity index (χ0v) is 20.5. The third kappa shape index (κ3) is 14.7.